The van der Waals surface area contributed by atoms with Gasteiger partial charge in [0.25, 0.3) is 0 Å². The Kier molecular flexibility index (Phi) is 5.47. The van der Waals surface area contributed by atoms with E-state index in [2.05, 4.69) is 5.32 Å². The van der Waals surface area contributed by atoms with E-state index >= 15 is 0 Å². The summed E-state index contributed by atoms with van der Waals surface area (Å²) in [5.74, 6) is 1.26. The first-order chi connectivity index (χ1) is 9.98. The molecule has 1 fully saturated rings. The number of benzene rings is 1. The normalized spacial score (nSPS) is 15.0. The molecule has 5 nitrogen and oxygen atoms in total. The molecule has 118 valence electrons. The lowest BCUT2D eigenvalue weighted by molar-refractivity contribution is 0.288. The second-order valence-electron chi connectivity index (χ2n) is 5.35. The van der Waals surface area contributed by atoms with Crippen molar-refractivity contribution in [1.82, 2.24) is 5.32 Å². The second-order valence-corrected chi connectivity index (χ2v) is 7.61. The predicted molar refractivity (Wildman–Crippen MR) is 82.7 cm³/mol. The minimum absolute atomic E-state index is 0.00352. The Morgan fingerprint density at radius 2 is 2.00 bits per heavy atom. The number of hydrogen-bond acceptors (Lipinski definition) is 5. The quantitative estimate of drug-likeness (QED) is 0.752. The first kappa shape index (κ1) is 16.1. The lowest BCUT2D eigenvalue weighted by Crippen LogP contribution is -2.15. The Morgan fingerprint density at radius 3 is 2.62 bits per heavy atom. The van der Waals surface area contributed by atoms with E-state index in [-0.39, 0.29) is 12.4 Å². The topological polar surface area (TPSA) is 64.6 Å². The molecule has 0 amide bonds. The maximum absolute atomic E-state index is 11.1. The third kappa shape index (κ3) is 5.93. The van der Waals surface area contributed by atoms with Gasteiger partial charge in [0.05, 0.1) is 12.4 Å². The number of ether oxygens (including phenoxy) is 2. The molecule has 0 saturated heterocycles. The minimum Gasteiger partial charge on any atom is -0.490 e. The molecule has 0 unspecified atom stereocenters. The van der Waals surface area contributed by atoms with Gasteiger partial charge in [0.15, 0.2) is 21.3 Å². The van der Waals surface area contributed by atoms with Crippen molar-refractivity contribution < 1.29 is 17.9 Å². The van der Waals surface area contributed by atoms with Gasteiger partial charge in [0.2, 0.25) is 0 Å². The van der Waals surface area contributed by atoms with Gasteiger partial charge in [-0.1, -0.05) is 6.07 Å². The molecule has 0 aliphatic heterocycles. The Hall–Kier alpha value is -1.27. The van der Waals surface area contributed by atoms with Crippen LogP contribution < -0.4 is 14.8 Å². The number of nitrogens with one attached hydrogen (secondary N) is 1. The third-order valence-electron chi connectivity index (χ3n) is 3.19. The number of sulfone groups is 1. The average Bonchev–Trinajstić information content (AvgIpc) is 3.21. The molecule has 1 aromatic carbocycles. The molecule has 0 radical (unpaired) electrons. The van der Waals surface area contributed by atoms with Crippen LogP contribution in [0, 0.1) is 0 Å². The summed E-state index contributed by atoms with van der Waals surface area (Å²) < 4.78 is 33.4. The van der Waals surface area contributed by atoms with Gasteiger partial charge in [-0.15, -0.1) is 0 Å². The van der Waals surface area contributed by atoms with E-state index in [4.69, 9.17) is 9.47 Å². The summed E-state index contributed by atoms with van der Waals surface area (Å²) >= 11 is 0. The van der Waals surface area contributed by atoms with Crippen LogP contribution in [0.2, 0.25) is 0 Å². The van der Waals surface area contributed by atoms with Gasteiger partial charge >= 0.3 is 0 Å². The fourth-order valence-corrected chi connectivity index (χ4v) is 2.29. The summed E-state index contributed by atoms with van der Waals surface area (Å²) in [4.78, 5) is 0. The molecule has 0 bridgehead atoms. The van der Waals surface area contributed by atoms with Crippen molar-refractivity contribution in [2.24, 2.45) is 0 Å². The largest absolute Gasteiger partial charge is 0.490 e. The lowest BCUT2D eigenvalue weighted by Gasteiger charge is -2.13. The van der Waals surface area contributed by atoms with E-state index in [0.29, 0.717) is 24.1 Å². The van der Waals surface area contributed by atoms with Crippen LogP contribution in [-0.2, 0) is 16.4 Å². The van der Waals surface area contributed by atoms with Gasteiger partial charge < -0.3 is 14.8 Å². The van der Waals surface area contributed by atoms with Crippen LogP contribution in [0.4, 0.5) is 0 Å². The summed E-state index contributed by atoms with van der Waals surface area (Å²) in [7, 11) is -3.01. The van der Waals surface area contributed by atoms with E-state index in [1.165, 1.54) is 19.1 Å². The Labute approximate surface area is 126 Å². The van der Waals surface area contributed by atoms with Crippen LogP contribution in [-0.4, -0.2) is 39.7 Å². The molecule has 1 saturated carbocycles. The highest BCUT2D eigenvalue weighted by molar-refractivity contribution is 7.90. The fourth-order valence-electron chi connectivity index (χ4n) is 1.90. The van der Waals surface area contributed by atoms with Gasteiger partial charge in [-0.05, 0) is 37.5 Å². The van der Waals surface area contributed by atoms with Crippen LogP contribution in [0.15, 0.2) is 18.2 Å². The fraction of sp³-hybridized carbons (Fsp3) is 0.600. The molecule has 2 rings (SSSR count). The van der Waals surface area contributed by atoms with Gasteiger partial charge in [-0.2, -0.15) is 0 Å². The van der Waals surface area contributed by atoms with Crippen LogP contribution >= 0.6 is 0 Å². The van der Waals surface area contributed by atoms with Gasteiger partial charge in [0.1, 0.15) is 6.61 Å². The van der Waals surface area contributed by atoms with Crippen molar-refractivity contribution in [2.45, 2.75) is 32.4 Å². The summed E-state index contributed by atoms with van der Waals surface area (Å²) in [6.07, 6.45) is 3.71. The van der Waals surface area contributed by atoms with Crippen LogP contribution in [0.1, 0.15) is 25.3 Å². The molecule has 1 aliphatic rings. The van der Waals surface area contributed by atoms with E-state index in [0.717, 1.165) is 12.1 Å². The highest BCUT2D eigenvalue weighted by atomic mass is 32.2. The zero-order valence-corrected chi connectivity index (χ0v) is 13.4. The number of hydrogen-bond donors (Lipinski definition) is 1. The van der Waals surface area contributed by atoms with Gasteiger partial charge in [-0.25, -0.2) is 8.42 Å². The highest BCUT2D eigenvalue weighted by Gasteiger charge is 2.20. The molecule has 1 aromatic rings. The van der Waals surface area contributed by atoms with Crippen molar-refractivity contribution in [3.8, 4) is 11.5 Å². The molecule has 1 N–H and O–H groups in total. The van der Waals surface area contributed by atoms with Crippen molar-refractivity contribution in [1.29, 1.82) is 0 Å². The van der Waals surface area contributed by atoms with Crippen molar-refractivity contribution in [2.75, 3.05) is 25.2 Å². The number of rotatable bonds is 9. The maximum atomic E-state index is 11.1. The summed E-state index contributed by atoms with van der Waals surface area (Å²) in [5, 5.41) is 3.45. The Morgan fingerprint density at radius 1 is 1.24 bits per heavy atom. The van der Waals surface area contributed by atoms with Crippen LogP contribution in [0.3, 0.4) is 0 Å². The van der Waals surface area contributed by atoms with E-state index in [1.54, 1.807) is 0 Å². The van der Waals surface area contributed by atoms with Crippen LogP contribution in [0.25, 0.3) is 0 Å². The highest BCUT2D eigenvalue weighted by Crippen LogP contribution is 2.29. The molecule has 0 aromatic heterocycles. The van der Waals surface area contributed by atoms with Crippen LogP contribution in [0.5, 0.6) is 11.5 Å². The minimum atomic E-state index is -3.01. The maximum Gasteiger partial charge on any atom is 0.161 e. The van der Waals surface area contributed by atoms with E-state index in [9.17, 15) is 8.42 Å². The summed E-state index contributed by atoms with van der Waals surface area (Å²) in [5.41, 5.74) is 1.14. The first-order valence-electron chi connectivity index (χ1n) is 7.27. The van der Waals surface area contributed by atoms with E-state index in [1.807, 2.05) is 25.1 Å². The summed E-state index contributed by atoms with van der Waals surface area (Å²) in [6, 6.07) is 6.44. The molecule has 0 spiro atoms. The third-order valence-corrected chi connectivity index (χ3v) is 4.10. The lowest BCUT2D eigenvalue weighted by atomic mass is 10.2. The Balaban J connectivity index is 1.97. The molecule has 0 atom stereocenters. The molecular weight excluding hydrogens is 290 g/mol. The zero-order chi connectivity index (χ0) is 15.3. The van der Waals surface area contributed by atoms with Crippen molar-refractivity contribution in [3.63, 3.8) is 0 Å². The van der Waals surface area contributed by atoms with Crippen molar-refractivity contribution >= 4 is 9.84 Å². The second kappa shape index (κ2) is 7.13. The van der Waals surface area contributed by atoms with Gasteiger partial charge in [-0.3, -0.25) is 0 Å². The SMILES string of the molecule is CCOc1cc(CNC2CC2)ccc1OCCS(C)(=O)=O. The Bertz CT molecular complexity index is 567. The summed E-state index contributed by atoms with van der Waals surface area (Å²) in [6.45, 7) is 3.41. The molecule has 21 heavy (non-hydrogen) atoms. The smallest absolute Gasteiger partial charge is 0.161 e. The monoisotopic (exact) mass is 313 g/mol. The zero-order valence-electron chi connectivity index (χ0n) is 12.6. The van der Waals surface area contributed by atoms with Gasteiger partial charge in [0, 0.05) is 18.8 Å². The predicted octanol–water partition coefficient (Wildman–Crippen LogP) is 1.76. The molecule has 0 heterocycles. The average molecular weight is 313 g/mol. The van der Waals surface area contributed by atoms with Crippen molar-refractivity contribution in [3.05, 3.63) is 23.8 Å². The molecular formula is C15H23NO4S. The molecule has 1 aliphatic carbocycles. The first-order valence-corrected chi connectivity index (χ1v) is 9.33. The standard InChI is InChI=1S/C15H23NO4S/c1-3-19-15-10-12(11-16-13-5-6-13)4-7-14(15)20-8-9-21(2,17)18/h4,7,10,13,16H,3,5-6,8-9,11H2,1-2H3. The van der Waals surface area contributed by atoms with E-state index < -0.39 is 9.84 Å². The molecule has 6 heteroatoms.